The molecular weight excluding hydrogens is 320 g/mol. The standard InChI is InChI=1S/C19H24N2O4/c1-12(2)20-14-6-8-15(9-7-14)21-19(22)13-10-16(23-3)18(25-5)17(11-13)24-4/h6-12,20H,1-5H3,(H,21,22). The van der Waals surface area contributed by atoms with Crippen LogP contribution in [-0.4, -0.2) is 33.3 Å². The minimum Gasteiger partial charge on any atom is -0.493 e. The molecule has 25 heavy (non-hydrogen) atoms. The number of amides is 1. The molecule has 2 N–H and O–H groups in total. The van der Waals surface area contributed by atoms with Crippen LogP contribution in [0.3, 0.4) is 0 Å². The molecule has 0 heterocycles. The van der Waals surface area contributed by atoms with Gasteiger partial charge in [0.1, 0.15) is 0 Å². The van der Waals surface area contributed by atoms with Crippen molar-refractivity contribution in [3.05, 3.63) is 42.0 Å². The maximum Gasteiger partial charge on any atom is 0.255 e. The van der Waals surface area contributed by atoms with Crippen LogP contribution in [0.4, 0.5) is 11.4 Å². The molecular formula is C19H24N2O4. The van der Waals surface area contributed by atoms with Crippen molar-refractivity contribution in [1.82, 2.24) is 0 Å². The third kappa shape index (κ3) is 4.56. The largest absolute Gasteiger partial charge is 0.493 e. The molecule has 6 heteroatoms. The number of carbonyl (C=O) groups excluding carboxylic acids is 1. The van der Waals surface area contributed by atoms with Crippen molar-refractivity contribution in [1.29, 1.82) is 0 Å². The normalized spacial score (nSPS) is 10.3. The van der Waals surface area contributed by atoms with Crippen molar-refractivity contribution in [2.45, 2.75) is 19.9 Å². The third-order valence-corrected chi connectivity index (χ3v) is 3.53. The highest BCUT2D eigenvalue weighted by atomic mass is 16.5. The smallest absolute Gasteiger partial charge is 0.255 e. The van der Waals surface area contributed by atoms with Crippen LogP contribution in [0.15, 0.2) is 36.4 Å². The summed E-state index contributed by atoms with van der Waals surface area (Å²) in [6.45, 7) is 4.14. The first-order valence-electron chi connectivity index (χ1n) is 7.96. The summed E-state index contributed by atoms with van der Waals surface area (Å²) in [5.74, 6) is 1.06. The average Bonchev–Trinajstić information content (AvgIpc) is 2.61. The highest BCUT2D eigenvalue weighted by molar-refractivity contribution is 6.05. The summed E-state index contributed by atoms with van der Waals surface area (Å²) in [6, 6.07) is 11.1. The van der Waals surface area contributed by atoms with E-state index in [0.717, 1.165) is 5.69 Å². The molecule has 2 aromatic carbocycles. The summed E-state index contributed by atoms with van der Waals surface area (Å²) >= 11 is 0. The van der Waals surface area contributed by atoms with Gasteiger partial charge in [-0.3, -0.25) is 4.79 Å². The summed E-state index contributed by atoms with van der Waals surface area (Å²) < 4.78 is 15.8. The SMILES string of the molecule is COc1cc(C(=O)Nc2ccc(NC(C)C)cc2)cc(OC)c1OC. The fraction of sp³-hybridized carbons (Fsp3) is 0.316. The molecule has 2 aromatic rings. The number of hydrogen-bond acceptors (Lipinski definition) is 5. The van der Waals surface area contributed by atoms with Gasteiger partial charge in [-0.2, -0.15) is 0 Å². The first-order valence-corrected chi connectivity index (χ1v) is 7.96. The number of ether oxygens (including phenoxy) is 3. The fourth-order valence-electron chi connectivity index (χ4n) is 2.40. The molecule has 0 unspecified atom stereocenters. The first-order chi connectivity index (χ1) is 12.0. The van der Waals surface area contributed by atoms with Crippen molar-refractivity contribution in [3.63, 3.8) is 0 Å². The molecule has 0 radical (unpaired) electrons. The minimum absolute atomic E-state index is 0.260. The number of methoxy groups -OCH3 is 3. The van der Waals surface area contributed by atoms with Crippen LogP contribution >= 0.6 is 0 Å². The van der Waals surface area contributed by atoms with Gasteiger partial charge in [-0.25, -0.2) is 0 Å². The second-order valence-electron chi connectivity index (χ2n) is 5.74. The van der Waals surface area contributed by atoms with E-state index < -0.39 is 0 Å². The molecule has 0 atom stereocenters. The molecule has 0 saturated heterocycles. The molecule has 6 nitrogen and oxygen atoms in total. The second kappa shape index (κ2) is 8.28. The van der Waals surface area contributed by atoms with E-state index in [1.54, 1.807) is 12.1 Å². The predicted octanol–water partition coefficient (Wildman–Crippen LogP) is 3.79. The van der Waals surface area contributed by atoms with Gasteiger partial charge >= 0.3 is 0 Å². The Morgan fingerprint density at radius 2 is 1.40 bits per heavy atom. The Bertz CT molecular complexity index is 702. The molecule has 0 aliphatic heterocycles. The predicted molar refractivity (Wildman–Crippen MR) is 99.3 cm³/mol. The molecule has 0 fully saturated rings. The van der Waals surface area contributed by atoms with E-state index in [-0.39, 0.29) is 5.91 Å². The molecule has 0 saturated carbocycles. The minimum atomic E-state index is -0.260. The Hall–Kier alpha value is -2.89. The number of carbonyl (C=O) groups is 1. The van der Waals surface area contributed by atoms with Gasteiger partial charge in [-0.15, -0.1) is 0 Å². The zero-order valence-electron chi connectivity index (χ0n) is 15.2. The van der Waals surface area contributed by atoms with Gasteiger partial charge in [-0.1, -0.05) is 0 Å². The van der Waals surface area contributed by atoms with Crippen LogP contribution in [0.25, 0.3) is 0 Å². The van der Waals surface area contributed by atoms with Crippen molar-refractivity contribution >= 4 is 17.3 Å². The summed E-state index contributed by atoms with van der Waals surface area (Å²) in [7, 11) is 4.55. The number of nitrogens with one attached hydrogen (secondary N) is 2. The molecule has 0 bridgehead atoms. The Kier molecular flexibility index (Phi) is 6.11. The zero-order chi connectivity index (χ0) is 18.4. The fourth-order valence-corrected chi connectivity index (χ4v) is 2.40. The van der Waals surface area contributed by atoms with Crippen LogP contribution in [0.5, 0.6) is 17.2 Å². The quantitative estimate of drug-likeness (QED) is 0.800. The van der Waals surface area contributed by atoms with Crippen molar-refractivity contribution in [2.75, 3.05) is 32.0 Å². The number of rotatable bonds is 7. The van der Waals surface area contributed by atoms with Gasteiger partial charge in [0, 0.05) is 23.0 Å². The lowest BCUT2D eigenvalue weighted by Gasteiger charge is -2.14. The number of benzene rings is 2. The van der Waals surface area contributed by atoms with Gasteiger partial charge in [0.05, 0.1) is 21.3 Å². The summed E-state index contributed by atoms with van der Waals surface area (Å²) in [6.07, 6.45) is 0. The maximum absolute atomic E-state index is 12.5. The van der Waals surface area contributed by atoms with Gasteiger partial charge in [0.15, 0.2) is 11.5 Å². The van der Waals surface area contributed by atoms with Gasteiger partial charge in [0.25, 0.3) is 5.91 Å². The summed E-state index contributed by atoms with van der Waals surface area (Å²) in [5.41, 5.74) is 2.12. The second-order valence-corrected chi connectivity index (χ2v) is 5.74. The molecule has 0 spiro atoms. The van der Waals surface area contributed by atoms with E-state index in [1.165, 1.54) is 21.3 Å². The highest BCUT2D eigenvalue weighted by Gasteiger charge is 2.17. The van der Waals surface area contributed by atoms with Gasteiger partial charge in [0.2, 0.25) is 5.75 Å². The molecule has 0 aliphatic rings. The third-order valence-electron chi connectivity index (χ3n) is 3.53. The van der Waals surface area contributed by atoms with E-state index >= 15 is 0 Å². The lowest BCUT2D eigenvalue weighted by molar-refractivity contribution is 0.102. The van der Waals surface area contributed by atoms with E-state index in [4.69, 9.17) is 14.2 Å². The van der Waals surface area contributed by atoms with Crippen LogP contribution in [0.2, 0.25) is 0 Å². The van der Waals surface area contributed by atoms with E-state index in [0.29, 0.717) is 34.5 Å². The van der Waals surface area contributed by atoms with Gasteiger partial charge < -0.3 is 24.8 Å². The first kappa shape index (κ1) is 18.4. The molecule has 1 amide bonds. The van der Waals surface area contributed by atoms with Crippen LogP contribution in [0, 0.1) is 0 Å². The average molecular weight is 344 g/mol. The van der Waals surface area contributed by atoms with Crippen molar-refractivity contribution in [3.8, 4) is 17.2 Å². The zero-order valence-corrected chi connectivity index (χ0v) is 15.2. The van der Waals surface area contributed by atoms with E-state index in [2.05, 4.69) is 24.5 Å². The highest BCUT2D eigenvalue weighted by Crippen LogP contribution is 2.38. The lowest BCUT2D eigenvalue weighted by Crippen LogP contribution is -2.13. The number of anilines is 2. The topological polar surface area (TPSA) is 68.8 Å². The Balaban J connectivity index is 2.20. The molecule has 2 rings (SSSR count). The van der Waals surface area contributed by atoms with Crippen LogP contribution in [0.1, 0.15) is 24.2 Å². The Morgan fingerprint density at radius 3 is 1.84 bits per heavy atom. The maximum atomic E-state index is 12.5. The van der Waals surface area contributed by atoms with E-state index in [1.807, 2.05) is 24.3 Å². The monoisotopic (exact) mass is 344 g/mol. The van der Waals surface area contributed by atoms with Crippen LogP contribution < -0.4 is 24.8 Å². The van der Waals surface area contributed by atoms with Crippen LogP contribution in [-0.2, 0) is 0 Å². The number of hydrogen-bond donors (Lipinski definition) is 2. The summed E-state index contributed by atoms with van der Waals surface area (Å²) in [4.78, 5) is 12.5. The summed E-state index contributed by atoms with van der Waals surface area (Å²) in [5, 5.41) is 6.16. The molecule has 0 aromatic heterocycles. The van der Waals surface area contributed by atoms with Crippen molar-refractivity contribution < 1.29 is 19.0 Å². The van der Waals surface area contributed by atoms with Crippen molar-refractivity contribution in [2.24, 2.45) is 0 Å². The Morgan fingerprint density at radius 1 is 0.880 bits per heavy atom. The van der Waals surface area contributed by atoms with Gasteiger partial charge in [-0.05, 0) is 50.2 Å². The van der Waals surface area contributed by atoms with E-state index in [9.17, 15) is 4.79 Å². The Labute approximate surface area is 148 Å². The molecule has 134 valence electrons. The lowest BCUT2D eigenvalue weighted by atomic mass is 10.1. The molecule has 0 aliphatic carbocycles.